The number of nitrogens with one attached hydrogen (secondary N) is 1. The van der Waals surface area contributed by atoms with E-state index in [2.05, 4.69) is 34.6 Å². The molecule has 0 aliphatic heterocycles. The first-order valence-corrected chi connectivity index (χ1v) is 9.95. The van der Waals surface area contributed by atoms with Gasteiger partial charge in [-0.15, -0.1) is 11.3 Å². The van der Waals surface area contributed by atoms with E-state index in [0.29, 0.717) is 17.3 Å². The zero-order valence-electron chi connectivity index (χ0n) is 15.5. The molecule has 0 bridgehead atoms. The van der Waals surface area contributed by atoms with Gasteiger partial charge in [0.05, 0.1) is 12.3 Å². The molecular weight excluding hydrogens is 368 g/mol. The van der Waals surface area contributed by atoms with Crippen molar-refractivity contribution in [1.82, 2.24) is 4.98 Å². The van der Waals surface area contributed by atoms with Crippen LogP contribution in [0.15, 0.2) is 72.1 Å². The summed E-state index contributed by atoms with van der Waals surface area (Å²) in [5.41, 5.74) is 3.74. The van der Waals surface area contributed by atoms with E-state index in [1.54, 1.807) is 7.11 Å². The summed E-state index contributed by atoms with van der Waals surface area (Å²) in [5, 5.41) is 7.62. The van der Waals surface area contributed by atoms with Crippen molar-refractivity contribution >= 4 is 33.1 Å². The lowest BCUT2D eigenvalue weighted by Crippen LogP contribution is -2.11. The monoisotopic (exact) mass is 388 g/mol. The van der Waals surface area contributed by atoms with E-state index in [4.69, 9.17) is 4.74 Å². The fourth-order valence-corrected chi connectivity index (χ4v) is 3.74. The van der Waals surface area contributed by atoms with E-state index in [1.807, 2.05) is 47.8 Å². The Labute approximate surface area is 167 Å². The van der Waals surface area contributed by atoms with E-state index in [0.717, 1.165) is 28.5 Å². The Hall–Kier alpha value is -3.02. The van der Waals surface area contributed by atoms with Crippen molar-refractivity contribution in [1.29, 1.82) is 0 Å². The quantitative estimate of drug-likeness (QED) is 0.481. The minimum absolute atomic E-state index is 0.151. The number of amides is 1. The number of fused-ring (bicyclic) bond motifs is 1. The van der Waals surface area contributed by atoms with Crippen LogP contribution >= 0.6 is 11.3 Å². The van der Waals surface area contributed by atoms with Crippen LogP contribution in [-0.4, -0.2) is 24.6 Å². The summed E-state index contributed by atoms with van der Waals surface area (Å²) in [6.45, 7) is 0.709. The second-order valence-corrected chi connectivity index (χ2v) is 7.35. The summed E-state index contributed by atoms with van der Waals surface area (Å²) in [6, 6.07) is 22.0. The number of thiazole rings is 1. The molecule has 4 aromatic rings. The largest absolute Gasteiger partial charge is 0.384 e. The molecule has 0 unspecified atom stereocenters. The number of nitrogens with zero attached hydrogens (tertiary/aromatic N) is 1. The van der Waals surface area contributed by atoms with Crippen LogP contribution < -0.4 is 5.32 Å². The SMILES string of the molecule is COCCc1ccc(-c2csc(NC(=O)c3ccc4ccccc4c3)n2)cc1. The van der Waals surface area contributed by atoms with Crippen LogP contribution in [0, 0.1) is 0 Å². The predicted molar refractivity (Wildman–Crippen MR) is 115 cm³/mol. The third-order valence-corrected chi connectivity index (χ3v) is 5.34. The molecular formula is C23H20N2O2S. The molecule has 4 rings (SSSR count). The second-order valence-electron chi connectivity index (χ2n) is 6.49. The molecule has 0 saturated heterocycles. The number of methoxy groups -OCH3 is 1. The molecule has 0 aliphatic carbocycles. The van der Waals surface area contributed by atoms with Crippen molar-refractivity contribution in [2.45, 2.75) is 6.42 Å². The smallest absolute Gasteiger partial charge is 0.257 e. The van der Waals surface area contributed by atoms with Gasteiger partial charge in [-0.1, -0.05) is 54.6 Å². The van der Waals surface area contributed by atoms with E-state index in [1.165, 1.54) is 16.9 Å². The van der Waals surface area contributed by atoms with Crippen LogP contribution in [0.5, 0.6) is 0 Å². The van der Waals surface area contributed by atoms with Crippen molar-refractivity contribution in [2.24, 2.45) is 0 Å². The summed E-state index contributed by atoms with van der Waals surface area (Å²) < 4.78 is 5.11. The average molecular weight is 388 g/mol. The fourth-order valence-electron chi connectivity index (χ4n) is 3.03. The zero-order valence-corrected chi connectivity index (χ0v) is 16.3. The lowest BCUT2D eigenvalue weighted by Gasteiger charge is -2.04. The van der Waals surface area contributed by atoms with Crippen molar-refractivity contribution < 1.29 is 9.53 Å². The third-order valence-electron chi connectivity index (χ3n) is 4.58. The second kappa shape index (κ2) is 8.33. The highest BCUT2D eigenvalue weighted by Gasteiger charge is 2.11. The van der Waals surface area contributed by atoms with E-state index in [-0.39, 0.29) is 5.91 Å². The Morgan fingerprint density at radius 1 is 1.04 bits per heavy atom. The maximum Gasteiger partial charge on any atom is 0.257 e. The number of rotatable bonds is 6. The molecule has 0 saturated carbocycles. The Morgan fingerprint density at radius 2 is 1.82 bits per heavy atom. The maximum absolute atomic E-state index is 12.6. The highest BCUT2D eigenvalue weighted by Crippen LogP contribution is 2.26. The highest BCUT2D eigenvalue weighted by molar-refractivity contribution is 7.14. The summed E-state index contributed by atoms with van der Waals surface area (Å²) >= 11 is 1.43. The van der Waals surface area contributed by atoms with Gasteiger partial charge in [-0.3, -0.25) is 10.1 Å². The molecule has 1 amide bonds. The van der Waals surface area contributed by atoms with Gasteiger partial charge in [0.25, 0.3) is 5.91 Å². The van der Waals surface area contributed by atoms with Gasteiger partial charge in [-0.2, -0.15) is 0 Å². The van der Waals surface area contributed by atoms with Gasteiger partial charge in [0.15, 0.2) is 5.13 Å². The van der Waals surface area contributed by atoms with E-state index in [9.17, 15) is 4.79 Å². The molecule has 140 valence electrons. The Morgan fingerprint density at radius 3 is 2.61 bits per heavy atom. The van der Waals surface area contributed by atoms with Crippen molar-refractivity contribution in [3.63, 3.8) is 0 Å². The number of ether oxygens (including phenoxy) is 1. The Kier molecular flexibility index (Phi) is 5.46. The molecule has 0 spiro atoms. The van der Waals surface area contributed by atoms with Crippen LogP contribution in [0.3, 0.4) is 0 Å². The molecule has 28 heavy (non-hydrogen) atoms. The lowest BCUT2D eigenvalue weighted by atomic mass is 10.1. The standard InChI is InChI=1S/C23H20N2O2S/c1-27-13-12-16-6-8-18(9-7-16)21-15-28-23(24-21)25-22(26)20-11-10-17-4-2-3-5-19(17)14-20/h2-11,14-15H,12-13H2,1H3,(H,24,25,26). The predicted octanol–water partition coefficient (Wildman–Crippen LogP) is 5.40. The minimum atomic E-state index is -0.151. The number of carbonyl (C=O) groups is 1. The zero-order chi connectivity index (χ0) is 19.3. The number of aromatic nitrogens is 1. The molecule has 1 aromatic heterocycles. The number of anilines is 1. The van der Waals surface area contributed by atoms with Crippen molar-refractivity contribution in [3.8, 4) is 11.3 Å². The molecule has 0 aliphatic rings. The first-order chi connectivity index (χ1) is 13.7. The van der Waals surface area contributed by atoms with Crippen molar-refractivity contribution in [3.05, 3.63) is 83.2 Å². The van der Waals surface area contributed by atoms with Crippen LogP contribution in [0.4, 0.5) is 5.13 Å². The Balaban J connectivity index is 1.47. The van der Waals surface area contributed by atoms with Gasteiger partial charge < -0.3 is 4.74 Å². The van der Waals surface area contributed by atoms with Gasteiger partial charge in [-0.25, -0.2) is 4.98 Å². The van der Waals surface area contributed by atoms with Crippen molar-refractivity contribution in [2.75, 3.05) is 19.0 Å². The van der Waals surface area contributed by atoms with Gasteiger partial charge in [-0.05, 0) is 34.9 Å². The maximum atomic E-state index is 12.6. The summed E-state index contributed by atoms with van der Waals surface area (Å²) in [7, 11) is 1.71. The van der Waals surface area contributed by atoms with E-state index >= 15 is 0 Å². The molecule has 5 heteroatoms. The fraction of sp³-hybridized carbons (Fsp3) is 0.130. The number of hydrogen-bond donors (Lipinski definition) is 1. The molecule has 0 fully saturated rings. The molecule has 3 aromatic carbocycles. The summed E-state index contributed by atoms with van der Waals surface area (Å²) in [5.74, 6) is -0.151. The summed E-state index contributed by atoms with van der Waals surface area (Å²) in [4.78, 5) is 17.2. The number of hydrogen-bond acceptors (Lipinski definition) is 4. The molecule has 0 radical (unpaired) electrons. The van der Waals surface area contributed by atoms with Crippen LogP contribution in [-0.2, 0) is 11.2 Å². The first kappa shape index (κ1) is 18.3. The van der Waals surface area contributed by atoms with Crippen LogP contribution in [0.1, 0.15) is 15.9 Å². The average Bonchev–Trinajstić information content (AvgIpc) is 3.20. The summed E-state index contributed by atoms with van der Waals surface area (Å²) in [6.07, 6.45) is 0.890. The lowest BCUT2D eigenvalue weighted by molar-refractivity contribution is 0.102. The van der Waals surface area contributed by atoms with Crippen LogP contribution in [0.2, 0.25) is 0 Å². The third kappa shape index (κ3) is 4.11. The first-order valence-electron chi connectivity index (χ1n) is 9.07. The molecule has 4 nitrogen and oxygen atoms in total. The van der Waals surface area contributed by atoms with Gasteiger partial charge >= 0.3 is 0 Å². The highest BCUT2D eigenvalue weighted by atomic mass is 32.1. The minimum Gasteiger partial charge on any atom is -0.384 e. The van der Waals surface area contributed by atoms with Gasteiger partial charge in [0.1, 0.15) is 0 Å². The Bertz CT molecular complexity index is 1100. The van der Waals surface area contributed by atoms with Gasteiger partial charge in [0, 0.05) is 23.6 Å². The topological polar surface area (TPSA) is 51.2 Å². The molecule has 1 heterocycles. The van der Waals surface area contributed by atoms with E-state index < -0.39 is 0 Å². The number of benzene rings is 3. The number of carbonyl (C=O) groups excluding carboxylic acids is 1. The van der Waals surface area contributed by atoms with Gasteiger partial charge in [0.2, 0.25) is 0 Å². The molecule has 0 atom stereocenters. The molecule has 1 N–H and O–H groups in total. The normalized spacial score (nSPS) is 10.9. The van der Waals surface area contributed by atoms with Crippen LogP contribution in [0.25, 0.3) is 22.0 Å².